The maximum absolute atomic E-state index is 10.3. The van der Waals surface area contributed by atoms with Gasteiger partial charge in [0.2, 0.25) is 0 Å². The molecule has 0 aromatic rings. The van der Waals surface area contributed by atoms with E-state index in [0.29, 0.717) is 13.1 Å². The molecule has 1 fully saturated rings. The van der Waals surface area contributed by atoms with E-state index in [1.807, 2.05) is 0 Å². The van der Waals surface area contributed by atoms with E-state index in [-0.39, 0.29) is 18.9 Å². The smallest absolute Gasteiger partial charge is 0.309 e. The minimum atomic E-state index is -0.531. The summed E-state index contributed by atoms with van der Waals surface area (Å²) in [7, 11) is 0. The first-order valence-electron chi connectivity index (χ1n) is 2.37. The van der Waals surface area contributed by atoms with Crippen molar-refractivity contribution in [3.63, 3.8) is 0 Å². The number of hydrogen-bond donors (Lipinski definition) is 2. The van der Waals surface area contributed by atoms with Crippen molar-refractivity contribution in [1.82, 2.24) is 10.6 Å². The number of hydrogen-bond acceptors (Lipinski definition) is 2. The van der Waals surface area contributed by atoms with E-state index in [2.05, 4.69) is 10.6 Å². The van der Waals surface area contributed by atoms with Gasteiger partial charge in [0.25, 0.3) is 0 Å². The predicted octanol–water partition coefficient (Wildman–Crippen LogP) is -2.15. The van der Waals surface area contributed by atoms with Crippen molar-refractivity contribution in [1.29, 1.82) is 0 Å². The molecule has 0 unspecified atom stereocenters. The molecule has 0 aromatic heterocycles. The van der Waals surface area contributed by atoms with E-state index in [1.54, 1.807) is 0 Å². The van der Waals surface area contributed by atoms with Crippen molar-refractivity contribution in [3.8, 4) is 0 Å². The third kappa shape index (κ3) is 2.08. The molecule has 0 atom stereocenters. The Balaban J connectivity index is 0.000000640. The molecule has 0 spiro atoms. The normalized spacial score (nSPS) is 17.3. The molecule has 0 aliphatic carbocycles. The molecule has 4 nitrogen and oxygen atoms in total. The molecule has 1 saturated heterocycles. The summed E-state index contributed by atoms with van der Waals surface area (Å²) in [6.07, 6.45) is 0. The van der Waals surface area contributed by atoms with Gasteiger partial charge in [0.05, 0.1) is 0 Å². The minimum Gasteiger partial charge on any atom is -0.346 e. The molecule has 1 radical (unpaired) electrons. The third-order valence-electron chi connectivity index (χ3n) is 0.902. The summed E-state index contributed by atoms with van der Waals surface area (Å²) in [6.45, 7) is 1.09. The molecule has 1 aliphatic heterocycles. The van der Waals surface area contributed by atoms with Crippen molar-refractivity contribution in [2.75, 3.05) is 13.1 Å². The maximum atomic E-state index is 10.3. The maximum Gasteiger partial charge on any atom is 0.309 e. The van der Waals surface area contributed by atoms with E-state index in [1.165, 1.54) is 0 Å². The zero-order chi connectivity index (χ0) is 5.98. The van der Waals surface area contributed by atoms with Crippen LogP contribution in [0.1, 0.15) is 0 Å². The first-order valence-corrected chi connectivity index (χ1v) is 2.37. The Kier molecular flexibility index (Phi) is 3.36. The van der Waals surface area contributed by atoms with Crippen LogP contribution in [0.5, 0.6) is 0 Å². The summed E-state index contributed by atoms with van der Waals surface area (Å²) in [5.74, 6) is -1.06. The molecular weight excluding hydrogens is 115 g/mol. The van der Waals surface area contributed by atoms with Gasteiger partial charge in [-0.1, -0.05) is 0 Å². The Bertz CT molecular complexity index is 121. The number of carbonyl (C=O) groups is 2. The molecule has 45 valence electrons. The average molecular weight is 121 g/mol. The standard InChI is InChI=1S/C4H6N2O2.Li/c7-3-4(8)6-2-1-5-3;/h1-2H2,(H,5,7)(H,6,8);. The van der Waals surface area contributed by atoms with Gasteiger partial charge in [0, 0.05) is 32.0 Å². The Labute approximate surface area is 64.5 Å². The average Bonchev–Trinajstić information content (AvgIpc) is 1.77. The van der Waals surface area contributed by atoms with Crippen LogP contribution in [0.2, 0.25) is 0 Å². The van der Waals surface area contributed by atoms with Crippen LogP contribution in [0, 0.1) is 0 Å². The molecule has 0 saturated carbocycles. The Morgan fingerprint density at radius 1 is 1.00 bits per heavy atom. The zero-order valence-corrected chi connectivity index (χ0v) is 5.23. The van der Waals surface area contributed by atoms with Gasteiger partial charge in [-0.25, -0.2) is 0 Å². The summed E-state index contributed by atoms with van der Waals surface area (Å²) in [4.78, 5) is 20.5. The monoisotopic (exact) mass is 121 g/mol. The fraction of sp³-hybridized carbons (Fsp3) is 0.500. The fourth-order valence-corrected chi connectivity index (χ4v) is 0.513. The summed E-state index contributed by atoms with van der Waals surface area (Å²) in [5.41, 5.74) is 0. The quantitative estimate of drug-likeness (QED) is 0.283. The minimum absolute atomic E-state index is 0. The molecule has 1 heterocycles. The first kappa shape index (κ1) is 8.54. The van der Waals surface area contributed by atoms with Gasteiger partial charge >= 0.3 is 11.8 Å². The van der Waals surface area contributed by atoms with Crippen LogP contribution in [0.15, 0.2) is 0 Å². The second-order valence-electron chi connectivity index (χ2n) is 1.51. The summed E-state index contributed by atoms with van der Waals surface area (Å²) in [5, 5.41) is 4.76. The van der Waals surface area contributed by atoms with Crippen molar-refractivity contribution in [2.24, 2.45) is 0 Å². The molecule has 2 N–H and O–H groups in total. The largest absolute Gasteiger partial charge is 0.346 e. The molecule has 9 heavy (non-hydrogen) atoms. The van der Waals surface area contributed by atoms with Gasteiger partial charge in [-0.2, -0.15) is 0 Å². The van der Waals surface area contributed by atoms with Crippen molar-refractivity contribution < 1.29 is 9.59 Å². The van der Waals surface area contributed by atoms with E-state index >= 15 is 0 Å². The van der Waals surface area contributed by atoms with E-state index in [0.717, 1.165) is 0 Å². The molecule has 5 heteroatoms. The van der Waals surface area contributed by atoms with Crippen LogP contribution < -0.4 is 10.6 Å². The van der Waals surface area contributed by atoms with Crippen molar-refractivity contribution in [3.05, 3.63) is 0 Å². The van der Waals surface area contributed by atoms with Gasteiger partial charge < -0.3 is 10.6 Å². The zero-order valence-electron chi connectivity index (χ0n) is 5.23. The number of carbonyl (C=O) groups excluding carboxylic acids is 2. The molecule has 1 rings (SSSR count). The van der Waals surface area contributed by atoms with Gasteiger partial charge in [-0.05, 0) is 0 Å². The Morgan fingerprint density at radius 2 is 1.33 bits per heavy atom. The van der Waals surface area contributed by atoms with Crippen LogP contribution in [-0.4, -0.2) is 43.8 Å². The number of rotatable bonds is 0. The molecule has 0 aromatic carbocycles. The SMILES string of the molecule is O=C1NCCNC1=O.[Li]. The number of amides is 2. The summed E-state index contributed by atoms with van der Waals surface area (Å²) in [6, 6.07) is 0. The van der Waals surface area contributed by atoms with E-state index in [9.17, 15) is 9.59 Å². The van der Waals surface area contributed by atoms with Crippen LogP contribution >= 0.6 is 0 Å². The Morgan fingerprint density at radius 3 is 1.56 bits per heavy atom. The van der Waals surface area contributed by atoms with Crippen LogP contribution in [0.4, 0.5) is 0 Å². The van der Waals surface area contributed by atoms with Crippen LogP contribution in [0.3, 0.4) is 0 Å². The molecule has 2 amide bonds. The molecule has 1 aliphatic rings. The topological polar surface area (TPSA) is 58.2 Å². The van der Waals surface area contributed by atoms with Crippen molar-refractivity contribution in [2.45, 2.75) is 0 Å². The first-order chi connectivity index (χ1) is 3.80. The summed E-state index contributed by atoms with van der Waals surface area (Å²) >= 11 is 0. The second kappa shape index (κ2) is 3.54. The van der Waals surface area contributed by atoms with Crippen molar-refractivity contribution >= 4 is 30.7 Å². The van der Waals surface area contributed by atoms with E-state index in [4.69, 9.17) is 0 Å². The van der Waals surface area contributed by atoms with Crippen LogP contribution in [-0.2, 0) is 9.59 Å². The van der Waals surface area contributed by atoms with Gasteiger partial charge in [0.15, 0.2) is 0 Å². The van der Waals surface area contributed by atoms with Gasteiger partial charge in [0.1, 0.15) is 0 Å². The second-order valence-corrected chi connectivity index (χ2v) is 1.51. The van der Waals surface area contributed by atoms with Gasteiger partial charge in [-0.3, -0.25) is 9.59 Å². The molecule has 0 bridgehead atoms. The number of piperazine rings is 1. The fourth-order valence-electron chi connectivity index (χ4n) is 0.513. The Hall–Kier alpha value is -0.463. The van der Waals surface area contributed by atoms with Gasteiger partial charge in [-0.15, -0.1) is 0 Å². The van der Waals surface area contributed by atoms with E-state index < -0.39 is 11.8 Å². The number of nitrogens with one attached hydrogen (secondary N) is 2. The predicted molar refractivity (Wildman–Crippen MR) is 31.8 cm³/mol. The molecular formula is C4H6LiN2O2. The summed E-state index contributed by atoms with van der Waals surface area (Å²) < 4.78 is 0. The third-order valence-corrected chi connectivity index (χ3v) is 0.902. The van der Waals surface area contributed by atoms with Crippen LogP contribution in [0.25, 0.3) is 0 Å².